The van der Waals surface area contributed by atoms with Gasteiger partial charge in [0.2, 0.25) is 0 Å². The average molecular weight is 364 g/mol. The van der Waals surface area contributed by atoms with E-state index in [0.717, 1.165) is 30.5 Å². The minimum Gasteiger partial charge on any atom is -0.377 e. The summed E-state index contributed by atoms with van der Waals surface area (Å²) in [6.45, 7) is 20.1. The zero-order valence-electron chi connectivity index (χ0n) is 17.8. The molecule has 0 saturated heterocycles. The van der Waals surface area contributed by atoms with E-state index in [-0.39, 0.29) is 0 Å². The molecule has 146 valence electrons. The van der Waals surface area contributed by atoms with Crippen molar-refractivity contribution in [2.45, 2.75) is 46.5 Å². The van der Waals surface area contributed by atoms with Crippen molar-refractivity contribution in [3.05, 3.63) is 84.2 Å². The third-order valence-electron chi connectivity index (χ3n) is 6.01. The molecular weight excluding hydrogens is 326 g/mol. The predicted octanol–water partition coefficient (Wildman–Crippen LogP) is 7.01. The molecule has 2 aliphatic carbocycles. The molecule has 1 heteroatoms. The SMILES string of the molecule is C=C/C(=C\C=C/C)CC(=C)N(C)CC(C(=C)C)C1CC1C1=CCCC=C1C. The molecule has 0 N–H and O–H groups in total. The van der Waals surface area contributed by atoms with Crippen LogP contribution in [0.1, 0.15) is 46.5 Å². The van der Waals surface area contributed by atoms with E-state index >= 15 is 0 Å². The zero-order chi connectivity index (χ0) is 20.0. The molecule has 1 saturated carbocycles. The second-order valence-corrected chi connectivity index (χ2v) is 8.18. The number of hydrogen-bond donors (Lipinski definition) is 0. The standard InChI is InChI=1S/C26H37N/c1-8-10-14-22(9-2)16-21(6)27(7)18-26(19(3)4)25-17-24(25)23-15-12-11-13-20(23)5/h8-10,13-15,24-26H,2-3,6,11-12,16-18H2,1,4-5,7H3/b10-8-,22-14+. The van der Waals surface area contributed by atoms with Crippen LogP contribution < -0.4 is 0 Å². The van der Waals surface area contributed by atoms with Gasteiger partial charge in [-0.3, -0.25) is 0 Å². The van der Waals surface area contributed by atoms with Gasteiger partial charge in [-0.2, -0.15) is 0 Å². The zero-order valence-corrected chi connectivity index (χ0v) is 17.8. The molecule has 0 aromatic carbocycles. The van der Waals surface area contributed by atoms with Crippen LogP contribution in [-0.2, 0) is 0 Å². The molecule has 1 fully saturated rings. The van der Waals surface area contributed by atoms with Crippen LogP contribution >= 0.6 is 0 Å². The van der Waals surface area contributed by atoms with Gasteiger partial charge in [0.1, 0.15) is 0 Å². The van der Waals surface area contributed by atoms with E-state index < -0.39 is 0 Å². The maximum absolute atomic E-state index is 4.33. The quantitative estimate of drug-likeness (QED) is 0.298. The van der Waals surface area contributed by atoms with Crippen LogP contribution in [0.2, 0.25) is 0 Å². The maximum atomic E-state index is 4.33. The van der Waals surface area contributed by atoms with E-state index in [1.165, 1.54) is 36.0 Å². The van der Waals surface area contributed by atoms with Crippen molar-refractivity contribution < 1.29 is 0 Å². The number of hydrogen-bond acceptors (Lipinski definition) is 1. The molecule has 0 bridgehead atoms. The van der Waals surface area contributed by atoms with Gasteiger partial charge in [0, 0.05) is 31.6 Å². The van der Waals surface area contributed by atoms with Crippen LogP contribution in [0, 0.1) is 17.8 Å². The Balaban J connectivity index is 1.99. The van der Waals surface area contributed by atoms with Gasteiger partial charge in [0.05, 0.1) is 0 Å². The summed E-state index contributed by atoms with van der Waals surface area (Å²) in [7, 11) is 2.16. The summed E-state index contributed by atoms with van der Waals surface area (Å²) in [6, 6.07) is 0. The predicted molar refractivity (Wildman–Crippen MR) is 120 cm³/mol. The Hall–Kier alpha value is -2.02. The van der Waals surface area contributed by atoms with Crippen molar-refractivity contribution in [1.29, 1.82) is 0 Å². The average Bonchev–Trinajstić information content (AvgIpc) is 3.42. The van der Waals surface area contributed by atoms with Gasteiger partial charge < -0.3 is 4.90 Å². The minimum atomic E-state index is 0.527. The highest BCUT2D eigenvalue weighted by Crippen LogP contribution is 2.53. The van der Waals surface area contributed by atoms with Gasteiger partial charge in [-0.25, -0.2) is 0 Å². The Kier molecular flexibility index (Phi) is 7.71. The van der Waals surface area contributed by atoms with E-state index in [1.807, 2.05) is 19.1 Å². The van der Waals surface area contributed by atoms with Crippen LogP contribution in [0.3, 0.4) is 0 Å². The monoisotopic (exact) mass is 363 g/mol. The van der Waals surface area contributed by atoms with Crippen molar-refractivity contribution in [2.75, 3.05) is 13.6 Å². The maximum Gasteiger partial charge on any atom is 0.0239 e. The smallest absolute Gasteiger partial charge is 0.0239 e. The minimum absolute atomic E-state index is 0.527. The van der Waals surface area contributed by atoms with E-state index in [2.05, 4.69) is 69.8 Å². The molecule has 0 amide bonds. The molecule has 0 spiro atoms. The molecule has 0 aromatic rings. The van der Waals surface area contributed by atoms with Gasteiger partial charge in [0.15, 0.2) is 0 Å². The van der Waals surface area contributed by atoms with E-state index in [0.29, 0.717) is 5.92 Å². The second kappa shape index (κ2) is 9.78. The number of nitrogens with zero attached hydrogens (tertiary/aromatic N) is 1. The van der Waals surface area contributed by atoms with Crippen molar-refractivity contribution in [3.63, 3.8) is 0 Å². The van der Waals surface area contributed by atoms with Gasteiger partial charge in [-0.1, -0.05) is 67.3 Å². The lowest BCUT2D eigenvalue weighted by Gasteiger charge is -2.28. The van der Waals surface area contributed by atoms with E-state index in [1.54, 1.807) is 5.57 Å². The molecule has 1 nitrogen and oxygen atoms in total. The van der Waals surface area contributed by atoms with Crippen molar-refractivity contribution in [1.82, 2.24) is 4.90 Å². The number of allylic oxidation sites excluding steroid dienone is 9. The summed E-state index contributed by atoms with van der Waals surface area (Å²) < 4.78 is 0. The fourth-order valence-corrected chi connectivity index (χ4v) is 4.15. The first-order chi connectivity index (χ1) is 12.9. The largest absolute Gasteiger partial charge is 0.377 e. The van der Waals surface area contributed by atoms with E-state index in [4.69, 9.17) is 0 Å². The van der Waals surface area contributed by atoms with Crippen molar-refractivity contribution in [3.8, 4) is 0 Å². The van der Waals surface area contributed by atoms with Crippen LogP contribution in [0.5, 0.6) is 0 Å². The summed E-state index contributed by atoms with van der Waals surface area (Å²) >= 11 is 0. The summed E-state index contributed by atoms with van der Waals surface area (Å²) in [6.07, 6.45) is 17.6. The van der Waals surface area contributed by atoms with Gasteiger partial charge >= 0.3 is 0 Å². The van der Waals surface area contributed by atoms with Crippen molar-refractivity contribution in [2.24, 2.45) is 17.8 Å². The Morgan fingerprint density at radius 2 is 2.00 bits per heavy atom. The molecule has 2 aliphatic rings. The highest BCUT2D eigenvalue weighted by Gasteiger charge is 2.45. The molecule has 0 aromatic heterocycles. The van der Waals surface area contributed by atoms with E-state index in [9.17, 15) is 0 Å². The third kappa shape index (κ3) is 5.73. The van der Waals surface area contributed by atoms with Crippen LogP contribution in [0.15, 0.2) is 84.2 Å². The molecule has 0 heterocycles. The highest BCUT2D eigenvalue weighted by atomic mass is 15.1. The van der Waals surface area contributed by atoms with Crippen LogP contribution in [-0.4, -0.2) is 18.5 Å². The first-order valence-electron chi connectivity index (χ1n) is 10.2. The lowest BCUT2D eigenvalue weighted by Crippen LogP contribution is -2.27. The summed E-state index contributed by atoms with van der Waals surface area (Å²) in [5.74, 6) is 1.98. The topological polar surface area (TPSA) is 3.24 Å². The summed E-state index contributed by atoms with van der Waals surface area (Å²) in [5, 5.41) is 0. The molecule has 0 aliphatic heterocycles. The summed E-state index contributed by atoms with van der Waals surface area (Å²) in [4.78, 5) is 2.32. The van der Waals surface area contributed by atoms with Crippen LogP contribution in [0.4, 0.5) is 0 Å². The first kappa shape index (κ1) is 21.3. The molecular formula is C26H37N. The molecule has 2 rings (SSSR count). The summed E-state index contributed by atoms with van der Waals surface area (Å²) in [5.41, 5.74) is 6.74. The van der Waals surface area contributed by atoms with Gasteiger partial charge in [0.25, 0.3) is 0 Å². The Labute approximate surface area is 167 Å². The lowest BCUT2D eigenvalue weighted by molar-refractivity contribution is 0.328. The first-order valence-corrected chi connectivity index (χ1v) is 10.2. The Morgan fingerprint density at radius 3 is 2.59 bits per heavy atom. The fourth-order valence-electron chi connectivity index (χ4n) is 4.15. The fraction of sp³-hybridized carbons (Fsp3) is 0.462. The normalized spacial score (nSPS) is 23.5. The Morgan fingerprint density at radius 1 is 1.30 bits per heavy atom. The molecule has 3 atom stereocenters. The van der Waals surface area contributed by atoms with Crippen molar-refractivity contribution >= 4 is 0 Å². The third-order valence-corrected chi connectivity index (χ3v) is 6.01. The molecule has 3 unspecified atom stereocenters. The van der Waals surface area contributed by atoms with Gasteiger partial charge in [-0.15, -0.1) is 0 Å². The Bertz CT molecular complexity index is 698. The lowest BCUT2D eigenvalue weighted by atomic mass is 9.89. The number of rotatable bonds is 10. The van der Waals surface area contributed by atoms with Crippen LogP contribution in [0.25, 0.3) is 0 Å². The van der Waals surface area contributed by atoms with Gasteiger partial charge in [-0.05, 0) is 63.0 Å². The molecule has 0 radical (unpaired) electrons. The highest BCUT2D eigenvalue weighted by molar-refractivity contribution is 5.38. The molecule has 27 heavy (non-hydrogen) atoms. The second-order valence-electron chi connectivity index (χ2n) is 8.18.